The standard InChI is InChI=1S/C16H15ClFN3O2S/c1-12-2-4-15(5-3-12)24(22,23)21-11-14(17)8-16(21)13-9-19-20(10-13)7-6-18/h2-5,8-11H,6-7H2,1H3. The van der Waals surface area contributed by atoms with Gasteiger partial charge in [-0.25, -0.2) is 16.8 Å². The van der Waals surface area contributed by atoms with Crippen molar-refractivity contribution >= 4 is 21.6 Å². The highest BCUT2D eigenvalue weighted by Crippen LogP contribution is 2.29. The van der Waals surface area contributed by atoms with E-state index >= 15 is 0 Å². The van der Waals surface area contributed by atoms with Gasteiger partial charge in [-0.2, -0.15) is 5.10 Å². The maximum Gasteiger partial charge on any atom is 0.268 e. The maximum atomic E-state index is 12.9. The molecule has 0 fully saturated rings. The van der Waals surface area contributed by atoms with E-state index in [1.54, 1.807) is 36.5 Å². The topological polar surface area (TPSA) is 56.9 Å². The SMILES string of the molecule is Cc1ccc(S(=O)(=O)n2cc(Cl)cc2-c2cnn(CCF)c2)cc1. The van der Waals surface area contributed by atoms with Gasteiger partial charge >= 0.3 is 0 Å². The second-order valence-electron chi connectivity index (χ2n) is 5.34. The molecule has 0 atom stereocenters. The average Bonchev–Trinajstić information content (AvgIpc) is 3.15. The van der Waals surface area contributed by atoms with Crippen LogP contribution in [0.5, 0.6) is 0 Å². The molecule has 0 aliphatic rings. The smallest absolute Gasteiger partial charge is 0.268 e. The number of halogens is 2. The van der Waals surface area contributed by atoms with Crippen LogP contribution in [0.4, 0.5) is 4.39 Å². The predicted octanol–water partition coefficient (Wildman–Crippen LogP) is 3.52. The van der Waals surface area contributed by atoms with E-state index in [1.165, 1.54) is 17.1 Å². The normalized spacial score (nSPS) is 11.8. The molecular weight excluding hydrogens is 353 g/mol. The van der Waals surface area contributed by atoms with Crippen LogP contribution in [-0.2, 0) is 16.6 Å². The van der Waals surface area contributed by atoms with Crippen molar-refractivity contribution in [1.29, 1.82) is 0 Å². The van der Waals surface area contributed by atoms with Gasteiger partial charge in [0.05, 0.1) is 28.4 Å². The summed E-state index contributed by atoms with van der Waals surface area (Å²) in [6.45, 7) is 1.44. The summed E-state index contributed by atoms with van der Waals surface area (Å²) in [5.74, 6) is 0. The minimum atomic E-state index is -3.80. The van der Waals surface area contributed by atoms with Crippen LogP contribution >= 0.6 is 11.6 Å². The monoisotopic (exact) mass is 367 g/mol. The Morgan fingerprint density at radius 2 is 1.92 bits per heavy atom. The van der Waals surface area contributed by atoms with Gasteiger partial charge in [0.1, 0.15) is 6.67 Å². The highest BCUT2D eigenvalue weighted by Gasteiger charge is 2.22. The summed E-state index contributed by atoms with van der Waals surface area (Å²) < 4.78 is 40.8. The zero-order valence-corrected chi connectivity index (χ0v) is 14.4. The molecule has 0 bridgehead atoms. The van der Waals surface area contributed by atoms with Gasteiger partial charge in [-0.15, -0.1) is 0 Å². The Morgan fingerprint density at radius 1 is 1.21 bits per heavy atom. The molecule has 0 spiro atoms. The van der Waals surface area contributed by atoms with Gasteiger partial charge < -0.3 is 0 Å². The summed E-state index contributed by atoms with van der Waals surface area (Å²) in [6, 6.07) is 8.11. The minimum Gasteiger partial charge on any atom is -0.269 e. The van der Waals surface area contributed by atoms with Gasteiger partial charge in [-0.3, -0.25) is 4.68 Å². The van der Waals surface area contributed by atoms with Gasteiger partial charge in [-0.1, -0.05) is 29.3 Å². The Morgan fingerprint density at radius 3 is 2.58 bits per heavy atom. The molecule has 2 heterocycles. The lowest BCUT2D eigenvalue weighted by Crippen LogP contribution is -2.13. The van der Waals surface area contributed by atoms with Gasteiger partial charge in [0.25, 0.3) is 10.0 Å². The van der Waals surface area contributed by atoms with Crippen molar-refractivity contribution in [1.82, 2.24) is 13.8 Å². The number of nitrogens with zero attached hydrogens (tertiary/aromatic N) is 3. The molecule has 3 aromatic rings. The molecule has 0 aliphatic carbocycles. The van der Waals surface area contributed by atoms with Crippen molar-refractivity contribution in [3.05, 3.63) is 59.5 Å². The molecule has 0 radical (unpaired) electrons. The van der Waals surface area contributed by atoms with Crippen LogP contribution in [0.3, 0.4) is 0 Å². The predicted molar refractivity (Wildman–Crippen MR) is 90.4 cm³/mol. The average molecular weight is 368 g/mol. The molecule has 0 aliphatic heterocycles. The van der Waals surface area contributed by atoms with Crippen LogP contribution in [0, 0.1) is 6.92 Å². The molecule has 0 saturated carbocycles. The lowest BCUT2D eigenvalue weighted by molar-refractivity contribution is 0.427. The molecule has 2 aromatic heterocycles. The summed E-state index contributed by atoms with van der Waals surface area (Å²) >= 11 is 6.03. The summed E-state index contributed by atoms with van der Waals surface area (Å²) in [5, 5.41) is 4.32. The number of aromatic nitrogens is 3. The zero-order valence-electron chi connectivity index (χ0n) is 12.9. The van der Waals surface area contributed by atoms with E-state index in [9.17, 15) is 12.8 Å². The highest BCUT2D eigenvalue weighted by atomic mass is 35.5. The summed E-state index contributed by atoms with van der Waals surface area (Å²) in [7, 11) is -3.80. The minimum absolute atomic E-state index is 0.110. The Balaban J connectivity index is 2.09. The van der Waals surface area contributed by atoms with Gasteiger partial charge in [0, 0.05) is 18.0 Å². The highest BCUT2D eigenvalue weighted by molar-refractivity contribution is 7.90. The third-order valence-electron chi connectivity index (χ3n) is 3.57. The van der Waals surface area contributed by atoms with Gasteiger partial charge in [-0.05, 0) is 25.1 Å². The number of alkyl halides is 1. The lowest BCUT2D eigenvalue weighted by atomic mass is 10.2. The lowest BCUT2D eigenvalue weighted by Gasteiger charge is -2.09. The summed E-state index contributed by atoms with van der Waals surface area (Å²) in [5.41, 5.74) is 1.89. The molecule has 0 N–H and O–H groups in total. The van der Waals surface area contributed by atoms with Crippen molar-refractivity contribution in [2.75, 3.05) is 6.67 Å². The Hall–Kier alpha value is -2.12. The molecule has 24 heavy (non-hydrogen) atoms. The molecule has 8 heteroatoms. The van der Waals surface area contributed by atoms with Gasteiger partial charge in [0.15, 0.2) is 0 Å². The largest absolute Gasteiger partial charge is 0.269 e. The summed E-state index contributed by atoms with van der Waals surface area (Å²) in [6.07, 6.45) is 4.42. The molecule has 3 rings (SSSR count). The molecular formula is C16H15ClFN3O2S. The summed E-state index contributed by atoms with van der Waals surface area (Å²) in [4.78, 5) is 0.165. The molecule has 1 aromatic carbocycles. The van der Waals surface area contributed by atoms with Crippen molar-refractivity contribution in [2.24, 2.45) is 0 Å². The quantitative estimate of drug-likeness (QED) is 0.693. The van der Waals surface area contributed by atoms with Crippen LogP contribution in [0.2, 0.25) is 5.02 Å². The molecule has 126 valence electrons. The van der Waals surface area contributed by atoms with Crippen molar-refractivity contribution in [2.45, 2.75) is 18.4 Å². The fourth-order valence-corrected chi connectivity index (χ4v) is 3.99. The van der Waals surface area contributed by atoms with Crippen LogP contribution in [0.25, 0.3) is 11.3 Å². The van der Waals surface area contributed by atoms with Crippen LogP contribution < -0.4 is 0 Å². The van der Waals surface area contributed by atoms with Gasteiger partial charge in [0.2, 0.25) is 0 Å². The first kappa shape index (κ1) is 16.7. The number of benzene rings is 1. The van der Waals surface area contributed by atoms with Crippen LogP contribution in [0.1, 0.15) is 5.56 Å². The zero-order chi connectivity index (χ0) is 17.3. The fraction of sp³-hybridized carbons (Fsp3) is 0.188. The van der Waals surface area contributed by atoms with E-state index < -0.39 is 16.7 Å². The van der Waals surface area contributed by atoms with E-state index in [2.05, 4.69) is 5.10 Å². The second-order valence-corrected chi connectivity index (χ2v) is 7.59. The van der Waals surface area contributed by atoms with Crippen molar-refractivity contribution in [3.8, 4) is 11.3 Å². The molecule has 0 amide bonds. The van der Waals surface area contributed by atoms with E-state index in [0.29, 0.717) is 16.3 Å². The number of hydrogen-bond donors (Lipinski definition) is 0. The number of rotatable bonds is 5. The Bertz CT molecular complexity index is 962. The van der Waals surface area contributed by atoms with Crippen molar-refractivity contribution in [3.63, 3.8) is 0 Å². The van der Waals surface area contributed by atoms with E-state index in [-0.39, 0.29) is 11.4 Å². The first-order valence-corrected chi connectivity index (χ1v) is 9.02. The van der Waals surface area contributed by atoms with Crippen LogP contribution in [0.15, 0.2) is 53.8 Å². The van der Waals surface area contributed by atoms with Crippen LogP contribution in [-0.4, -0.2) is 28.8 Å². The van der Waals surface area contributed by atoms with E-state index in [0.717, 1.165) is 9.54 Å². The van der Waals surface area contributed by atoms with Crippen molar-refractivity contribution < 1.29 is 12.8 Å². The third kappa shape index (κ3) is 3.09. The van der Waals surface area contributed by atoms with E-state index in [4.69, 9.17) is 11.6 Å². The number of hydrogen-bond acceptors (Lipinski definition) is 3. The third-order valence-corrected chi connectivity index (χ3v) is 5.47. The first-order chi connectivity index (χ1) is 11.4. The first-order valence-electron chi connectivity index (χ1n) is 7.21. The molecule has 0 unspecified atom stereocenters. The molecule has 5 nitrogen and oxygen atoms in total. The number of aryl methyl sites for hydroxylation is 2. The fourth-order valence-electron chi connectivity index (χ4n) is 2.35. The maximum absolute atomic E-state index is 12.9. The Labute approximate surface area is 144 Å². The second kappa shape index (κ2) is 6.41. The Kier molecular flexibility index (Phi) is 4.47. The molecule has 0 saturated heterocycles. The van der Waals surface area contributed by atoms with E-state index in [1.807, 2.05) is 6.92 Å².